The van der Waals surface area contributed by atoms with E-state index in [0.29, 0.717) is 18.7 Å². The van der Waals surface area contributed by atoms with Gasteiger partial charge in [-0.3, -0.25) is 14.9 Å². The fraction of sp³-hybridized carbons (Fsp3) is 0.350. The Morgan fingerprint density at radius 3 is 2.40 bits per heavy atom. The van der Waals surface area contributed by atoms with E-state index < -0.39 is 20.9 Å². The maximum absolute atomic E-state index is 13.2. The highest BCUT2D eigenvalue weighted by molar-refractivity contribution is 7.89. The van der Waals surface area contributed by atoms with Crippen molar-refractivity contribution in [3.8, 4) is 0 Å². The first-order chi connectivity index (χ1) is 14.2. The summed E-state index contributed by atoms with van der Waals surface area (Å²) in [5.41, 5.74) is 0.200. The molecule has 0 spiro atoms. The molecule has 2 aromatic rings. The van der Waals surface area contributed by atoms with Crippen molar-refractivity contribution in [3.63, 3.8) is 0 Å². The molecule has 0 atom stereocenters. The number of benzene rings is 2. The van der Waals surface area contributed by atoms with E-state index >= 15 is 0 Å². The Hall–Kier alpha value is -2.49. The van der Waals surface area contributed by atoms with E-state index in [1.807, 2.05) is 0 Å². The fourth-order valence-electron chi connectivity index (χ4n) is 3.42. The Labute approximate surface area is 180 Å². The molecule has 0 saturated carbocycles. The summed E-state index contributed by atoms with van der Waals surface area (Å²) in [4.78, 5) is 23.3. The lowest BCUT2D eigenvalue weighted by atomic mass is 10.1. The average Bonchev–Trinajstić information content (AvgIpc) is 2.99. The zero-order chi connectivity index (χ0) is 21.9. The number of halogens is 1. The van der Waals surface area contributed by atoms with E-state index in [9.17, 15) is 23.3 Å². The molecule has 2 aromatic carbocycles. The van der Waals surface area contributed by atoms with Gasteiger partial charge in [0.2, 0.25) is 10.0 Å². The smallest absolute Gasteiger partial charge is 0.282 e. The predicted molar refractivity (Wildman–Crippen MR) is 114 cm³/mol. The van der Waals surface area contributed by atoms with Gasteiger partial charge in [0.1, 0.15) is 5.56 Å². The predicted octanol–water partition coefficient (Wildman–Crippen LogP) is 4.37. The second-order valence-corrected chi connectivity index (χ2v) is 9.51. The number of carbonyl (C=O) groups is 1. The second-order valence-electron chi connectivity index (χ2n) is 7.17. The zero-order valence-electron chi connectivity index (χ0n) is 16.4. The highest BCUT2D eigenvalue weighted by atomic mass is 35.5. The van der Waals surface area contributed by atoms with Gasteiger partial charge in [0.25, 0.3) is 11.6 Å². The number of amides is 1. The molecule has 1 fully saturated rings. The summed E-state index contributed by atoms with van der Waals surface area (Å²) >= 11 is 5.89. The van der Waals surface area contributed by atoms with Gasteiger partial charge in [-0.15, -0.1) is 0 Å². The minimum atomic E-state index is -3.71. The quantitative estimate of drug-likeness (QED) is 0.536. The molecule has 0 aliphatic carbocycles. The second kappa shape index (κ2) is 9.11. The van der Waals surface area contributed by atoms with Gasteiger partial charge in [0, 0.05) is 29.9 Å². The summed E-state index contributed by atoms with van der Waals surface area (Å²) in [5.74, 6) is -0.744. The fourth-order valence-corrected chi connectivity index (χ4v) is 5.36. The lowest BCUT2D eigenvalue weighted by Crippen LogP contribution is -2.32. The van der Waals surface area contributed by atoms with Crippen LogP contribution in [0.3, 0.4) is 0 Å². The van der Waals surface area contributed by atoms with Gasteiger partial charge in [0.15, 0.2) is 0 Å². The summed E-state index contributed by atoms with van der Waals surface area (Å²) in [6.07, 6.45) is 3.62. The lowest BCUT2D eigenvalue weighted by Gasteiger charge is -2.21. The molecule has 0 aromatic heterocycles. The number of nitro benzene ring substituents is 1. The van der Waals surface area contributed by atoms with Gasteiger partial charge in [-0.05, 0) is 49.6 Å². The number of nitrogens with one attached hydrogen (secondary N) is 1. The van der Waals surface area contributed by atoms with Crippen LogP contribution in [0.25, 0.3) is 0 Å². The van der Waals surface area contributed by atoms with Crippen LogP contribution in [-0.4, -0.2) is 36.6 Å². The Morgan fingerprint density at radius 2 is 1.77 bits per heavy atom. The van der Waals surface area contributed by atoms with Crippen LogP contribution in [0.4, 0.5) is 11.4 Å². The van der Waals surface area contributed by atoms with E-state index in [4.69, 9.17) is 11.6 Å². The molecule has 1 amide bonds. The summed E-state index contributed by atoms with van der Waals surface area (Å²) in [5, 5.41) is 14.0. The molecular formula is C20H22ClN3O5S. The molecule has 0 unspecified atom stereocenters. The lowest BCUT2D eigenvalue weighted by molar-refractivity contribution is -0.385. The summed E-state index contributed by atoms with van der Waals surface area (Å²) in [6, 6.07) is 8.25. The average molecular weight is 452 g/mol. The topological polar surface area (TPSA) is 110 Å². The van der Waals surface area contributed by atoms with Crippen LogP contribution in [-0.2, 0) is 10.0 Å². The van der Waals surface area contributed by atoms with Crippen molar-refractivity contribution in [2.75, 3.05) is 18.4 Å². The zero-order valence-corrected chi connectivity index (χ0v) is 18.0. The van der Waals surface area contributed by atoms with Gasteiger partial charge in [0.05, 0.1) is 9.82 Å². The third-order valence-corrected chi connectivity index (χ3v) is 7.30. The van der Waals surface area contributed by atoms with Crippen LogP contribution >= 0.6 is 11.6 Å². The van der Waals surface area contributed by atoms with Crippen LogP contribution in [0.5, 0.6) is 0 Å². The van der Waals surface area contributed by atoms with Crippen molar-refractivity contribution in [1.29, 1.82) is 0 Å². The molecule has 1 heterocycles. The normalized spacial score (nSPS) is 15.4. The largest absolute Gasteiger partial charge is 0.322 e. The van der Waals surface area contributed by atoms with Gasteiger partial charge in [-0.1, -0.05) is 30.5 Å². The van der Waals surface area contributed by atoms with Crippen LogP contribution in [0.2, 0.25) is 5.02 Å². The van der Waals surface area contributed by atoms with E-state index in [-0.39, 0.29) is 26.9 Å². The summed E-state index contributed by atoms with van der Waals surface area (Å²) in [7, 11) is -3.71. The molecule has 3 rings (SSSR count). The van der Waals surface area contributed by atoms with Crippen molar-refractivity contribution in [3.05, 3.63) is 62.7 Å². The maximum atomic E-state index is 13.2. The Kier molecular flexibility index (Phi) is 6.74. The first-order valence-corrected chi connectivity index (χ1v) is 11.4. The van der Waals surface area contributed by atoms with Crippen molar-refractivity contribution in [2.45, 2.75) is 37.5 Å². The van der Waals surface area contributed by atoms with E-state index in [0.717, 1.165) is 31.7 Å². The van der Waals surface area contributed by atoms with Crippen molar-refractivity contribution < 1.29 is 18.1 Å². The molecule has 0 radical (unpaired) electrons. The third kappa shape index (κ3) is 4.80. The number of sulfonamides is 1. The van der Waals surface area contributed by atoms with Crippen LogP contribution in [0, 0.1) is 17.0 Å². The van der Waals surface area contributed by atoms with Gasteiger partial charge in [-0.25, -0.2) is 8.42 Å². The monoisotopic (exact) mass is 451 g/mol. The van der Waals surface area contributed by atoms with E-state index in [1.165, 1.54) is 22.5 Å². The Bertz CT molecular complexity index is 1080. The SMILES string of the molecule is Cc1ccc(NC(=O)c2cc(Cl)ccc2[N+](=O)[O-])cc1S(=O)(=O)N1CCCCCC1. The number of hydrogen-bond donors (Lipinski definition) is 1. The number of hydrogen-bond acceptors (Lipinski definition) is 5. The van der Waals surface area contributed by atoms with E-state index in [1.54, 1.807) is 19.1 Å². The molecule has 8 nitrogen and oxygen atoms in total. The van der Waals surface area contributed by atoms with Crippen LogP contribution in [0.1, 0.15) is 41.6 Å². The molecular weight excluding hydrogens is 430 g/mol. The van der Waals surface area contributed by atoms with Gasteiger partial charge in [-0.2, -0.15) is 4.31 Å². The standard InChI is InChI=1S/C20H22ClN3O5S/c1-14-6-8-16(13-19(14)30(28,29)23-10-4-2-3-5-11-23)22-20(25)17-12-15(21)7-9-18(17)24(26)27/h6-9,12-13H,2-5,10-11H2,1H3,(H,22,25). The minimum Gasteiger partial charge on any atom is -0.322 e. The van der Waals surface area contributed by atoms with Crippen molar-refractivity contribution in [2.24, 2.45) is 0 Å². The maximum Gasteiger partial charge on any atom is 0.282 e. The first kappa shape index (κ1) is 22.2. The van der Waals surface area contributed by atoms with Crippen molar-refractivity contribution in [1.82, 2.24) is 4.31 Å². The minimum absolute atomic E-state index is 0.114. The van der Waals surface area contributed by atoms with Gasteiger partial charge >= 0.3 is 0 Å². The molecule has 30 heavy (non-hydrogen) atoms. The third-order valence-electron chi connectivity index (χ3n) is 5.03. The highest BCUT2D eigenvalue weighted by Gasteiger charge is 2.27. The Morgan fingerprint density at radius 1 is 1.10 bits per heavy atom. The van der Waals surface area contributed by atoms with E-state index in [2.05, 4.69) is 5.32 Å². The van der Waals surface area contributed by atoms with Crippen LogP contribution < -0.4 is 5.32 Å². The molecule has 1 aliphatic heterocycles. The first-order valence-electron chi connectivity index (χ1n) is 9.56. The van der Waals surface area contributed by atoms with Gasteiger partial charge < -0.3 is 5.32 Å². The highest BCUT2D eigenvalue weighted by Crippen LogP contribution is 2.27. The molecule has 0 bridgehead atoms. The molecule has 1 N–H and O–H groups in total. The number of rotatable bonds is 5. The van der Waals surface area contributed by atoms with Crippen molar-refractivity contribution >= 4 is 38.9 Å². The van der Waals surface area contributed by atoms with Crippen LogP contribution in [0.15, 0.2) is 41.3 Å². The molecule has 10 heteroatoms. The summed E-state index contributed by atoms with van der Waals surface area (Å²) < 4.78 is 27.8. The molecule has 160 valence electrons. The number of nitrogens with zero attached hydrogens (tertiary/aromatic N) is 2. The summed E-state index contributed by atoms with van der Waals surface area (Å²) in [6.45, 7) is 2.62. The number of aryl methyl sites for hydroxylation is 1. The Balaban J connectivity index is 1.92. The number of nitro groups is 1. The number of anilines is 1. The number of carbonyl (C=O) groups excluding carboxylic acids is 1. The molecule has 1 saturated heterocycles. The molecule has 1 aliphatic rings.